The minimum Gasteiger partial charge on any atom is -0.493 e. The zero-order valence-electron chi connectivity index (χ0n) is 16.8. The van der Waals surface area contributed by atoms with E-state index in [1.807, 2.05) is 24.3 Å². The Morgan fingerprint density at radius 1 is 1.16 bits per heavy atom. The van der Waals surface area contributed by atoms with E-state index in [9.17, 15) is 9.18 Å². The first kappa shape index (κ1) is 20.5. The second kappa shape index (κ2) is 8.26. The van der Waals surface area contributed by atoms with Crippen molar-refractivity contribution in [2.75, 3.05) is 7.11 Å². The summed E-state index contributed by atoms with van der Waals surface area (Å²) >= 11 is 7.75. The van der Waals surface area contributed by atoms with Gasteiger partial charge in [-0.25, -0.2) is 13.8 Å². The van der Waals surface area contributed by atoms with Crippen LogP contribution in [0.4, 0.5) is 4.39 Å². The Morgan fingerprint density at radius 2 is 1.94 bits per heavy atom. The number of ether oxygens (including phenoxy) is 2. The molecule has 0 fully saturated rings. The van der Waals surface area contributed by atoms with Crippen molar-refractivity contribution < 1.29 is 13.9 Å². The molecular weight excluding hydrogens is 451 g/mol. The SMILES string of the molecule is COc1cc(C=c2sc3nc4ccccc4n3c2=O)cc(Cl)c1OCc1ccccc1F. The first-order chi connectivity index (χ1) is 15.5. The first-order valence-electron chi connectivity index (χ1n) is 9.70. The Morgan fingerprint density at radius 3 is 2.75 bits per heavy atom. The lowest BCUT2D eigenvalue weighted by atomic mass is 10.2. The number of benzene rings is 3. The standard InChI is InChI=1S/C24H16ClFN2O3S/c1-30-20-11-14(10-16(25)22(20)31-13-15-6-2-3-7-17(15)26)12-21-23(29)28-19-9-5-4-8-18(19)27-24(28)32-21/h2-12H,13H2,1H3. The molecule has 0 bridgehead atoms. The molecule has 0 atom stereocenters. The van der Waals surface area contributed by atoms with Crippen molar-refractivity contribution in [1.29, 1.82) is 0 Å². The number of aromatic nitrogens is 2. The van der Waals surface area contributed by atoms with Gasteiger partial charge in [0.1, 0.15) is 12.4 Å². The molecule has 3 aromatic carbocycles. The van der Waals surface area contributed by atoms with Crippen LogP contribution in [0.1, 0.15) is 11.1 Å². The molecule has 0 saturated heterocycles. The van der Waals surface area contributed by atoms with Crippen LogP contribution in [0.15, 0.2) is 65.5 Å². The largest absolute Gasteiger partial charge is 0.493 e. The number of rotatable bonds is 5. The van der Waals surface area contributed by atoms with Gasteiger partial charge in [-0.15, -0.1) is 0 Å². The highest BCUT2D eigenvalue weighted by Gasteiger charge is 2.14. The average Bonchev–Trinajstić information content (AvgIpc) is 3.30. The second-order valence-electron chi connectivity index (χ2n) is 7.05. The molecule has 0 spiro atoms. The number of halogens is 2. The van der Waals surface area contributed by atoms with Crippen LogP contribution >= 0.6 is 22.9 Å². The van der Waals surface area contributed by atoms with Gasteiger partial charge >= 0.3 is 0 Å². The quantitative estimate of drug-likeness (QED) is 0.372. The molecule has 2 aromatic heterocycles. The molecule has 0 aliphatic heterocycles. The summed E-state index contributed by atoms with van der Waals surface area (Å²) in [5.41, 5.74) is 2.50. The van der Waals surface area contributed by atoms with Gasteiger partial charge in [-0.05, 0) is 42.0 Å². The van der Waals surface area contributed by atoms with E-state index in [-0.39, 0.29) is 18.0 Å². The predicted octanol–water partition coefficient (Wildman–Crippen LogP) is 4.84. The normalized spacial score (nSPS) is 12.0. The maximum absolute atomic E-state index is 13.9. The summed E-state index contributed by atoms with van der Waals surface area (Å²) in [6.45, 7) is 0.00567. The van der Waals surface area contributed by atoms with Crippen LogP contribution in [-0.4, -0.2) is 16.5 Å². The van der Waals surface area contributed by atoms with Gasteiger partial charge in [0.2, 0.25) is 0 Å². The number of methoxy groups -OCH3 is 1. The third kappa shape index (κ3) is 3.59. The Kier molecular flexibility index (Phi) is 5.28. The predicted molar refractivity (Wildman–Crippen MR) is 124 cm³/mol. The molecule has 0 unspecified atom stereocenters. The first-order valence-corrected chi connectivity index (χ1v) is 10.9. The molecule has 8 heteroatoms. The molecule has 5 rings (SSSR count). The van der Waals surface area contributed by atoms with Gasteiger partial charge in [0.15, 0.2) is 16.5 Å². The molecule has 0 radical (unpaired) electrons. The minimum atomic E-state index is -0.356. The lowest BCUT2D eigenvalue weighted by Crippen LogP contribution is -2.22. The molecule has 5 aromatic rings. The number of para-hydroxylation sites is 2. The molecule has 0 saturated carbocycles. The van der Waals surface area contributed by atoms with Crippen molar-refractivity contribution in [2.24, 2.45) is 0 Å². The summed E-state index contributed by atoms with van der Waals surface area (Å²) < 4.78 is 27.2. The van der Waals surface area contributed by atoms with E-state index in [1.165, 1.54) is 24.5 Å². The summed E-state index contributed by atoms with van der Waals surface area (Å²) in [5.74, 6) is 0.342. The number of thiazole rings is 1. The number of fused-ring (bicyclic) bond motifs is 3. The maximum Gasteiger partial charge on any atom is 0.274 e. The van der Waals surface area contributed by atoms with Crippen LogP contribution in [0.5, 0.6) is 11.5 Å². The van der Waals surface area contributed by atoms with E-state index in [0.29, 0.717) is 37.1 Å². The Balaban J connectivity index is 1.53. The highest BCUT2D eigenvalue weighted by molar-refractivity contribution is 7.15. The van der Waals surface area contributed by atoms with Gasteiger partial charge in [-0.1, -0.05) is 53.3 Å². The van der Waals surface area contributed by atoms with Crippen molar-refractivity contribution in [3.63, 3.8) is 0 Å². The summed E-state index contributed by atoms with van der Waals surface area (Å²) in [4.78, 5) is 18.1. The minimum absolute atomic E-state index is 0.00567. The summed E-state index contributed by atoms with van der Waals surface area (Å²) in [6.07, 6.45) is 1.74. The second-order valence-corrected chi connectivity index (χ2v) is 8.46. The van der Waals surface area contributed by atoms with Crippen LogP contribution in [0.2, 0.25) is 5.02 Å². The number of hydrogen-bond acceptors (Lipinski definition) is 5. The molecule has 0 N–H and O–H groups in total. The lowest BCUT2D eigenvalue weighted by Gasteiger charge is -2.13. The summed E-state index contributed by atoms with van der Waals surface area (Å²) in [7, 11) is 1.50. The van der Waals surface area contributed by atoms with E-state index < -0.39 is 0 Å². The zero-order valence-corrected chi connectivity index (χ0v) is 18.4. The summed E-state index contributed by atoms with van der Waals surface area (Å²) in [5, 5.41) is 0.297. The third-order valence-corrected chi connectivity index (χ3v) is 6.27. The third-order valence-electron chi connectivity index (χ3n) is 5.02. The molecule has 0 aliphatic rings. The smallest absolute Gasteiger partial charge is 0.274 e. The Hall–Kier alpha value is -3.42. The topological polar surface area (TPSA) is 52.8 Å². The lowest BCUT2D eigenvalue weighted by molar-refractivity contribution is 0.280. The Labute approximate surface area is 190 Å². The maximum atomic E-state index is 13.9. The van der Waals surface area contributed by atoms with Crippen LogP contribution in [0.3, 0.4) is 0 Å². The average molecular weight is 467 g/mol. The highest BCUT2D eigenvalue weighted by atomic mass is 35.5. The fraction of sp³-hybridized carbons (Fsp3) is 0.0833. The molecule has 160 valence electrons. The molecule has 5 nitrogen and oxygen atoms in total. The van der Waals surface area contributed by atoms with Crippen molar-refractivity contribution >= 4 is 45.0 Å². The Bertz CT molecular complexity index is 1580. The molecule has 2 heterocycles. The molecular formula is C24H16ClFN2O3S. The fourth-order valence-corrected chi connectivity index (χ4v) is 4.75. The van der Waals surface area contributed by atoms with Gasteiger partial charge < -0.3 is 9.47 Å². The number of nitrogens with zero attached hydrogens (tertiary/aromatic N) is 2. The van der Waals surface area contributed by atoms with Crippen LogP contribution < -0.4 is 19.6 Å². The summed E-state index contributed by atoms with van der Waals surface area (Å²) in [6, 6.07) is 17.3. The van der Waals surface area contributed by atoms with E-state index >= 15 is 0 Å². The van der Waals surface area contributed by atoms with E-state index in [2.05, 4.69) is 4.98 Å². The van der Waals surface area contributed by atoms with Crippen molar-refractivity contribution in [3.8, 4) is 11.5 Å². The number of imidazole rings is 1. The highest BCUT2D eigenvalue weighted by Crippen LogP contribution is 2.37. The molecule has 0 aliphatic carbocycles. The van der Waals surface area contributed by atoms with Crippen LogP contribution in [-0.2, 0) is 6.61 Å². The van der Waals surface area contributed by atoms with E-state index in [0.717, 1.165) is 11.0 Å². The van der Waals surface area contributed by atoms with Gasteiger partial charge in [-0.2, -0.15) is 0 Å². The van der Waals surface area contributed by atoms with Gasteiger partial charge in [0, 0.05) is 5.56 Å². The van der Waals surface area contributed by atoms with Crippen molar-refractivity contribution in [3.05, 3.63) is 97.5 Å². The van der Waals surface area contributed by atoms with Crippen molar-refractivity contribution in [2.45, 2.75) is 6.61 Å². The number of hydrogen-bond donors (Lipinski definition) is 0. The molecule has 32 heavy (non-hydrogen) atoms. The van der Waals surface area contributed by atoms with Gasteiger partial charge in [0.25, 0.3) is 5.56 Å². The van der Waals surface area contributed by atoms with Gasteiger partial charge in [-0.3, -0.25) is 4.79 Å². The van der Waals surface area contributed by atoms with Gasteiger partial charge in [0.05, 0.1) is 27.7 Å². The molecule has 0 amide bonds. The monoisotopic (exact) mass is 466 g/mol. The van der Waals surface area contributed by atoms with E-state index in [4.69, 9.17) is 21.1 Å². The van der Waals surface area contributed by atoms with E-state index in [1.54, 1.807) is 40.8 Å². The fourth-order valence-electron chi connectivity index (χ4n) is 3.49. The van der Waals surface area contributed by atoms with Crippen molar-refractivity contribution in [1.82, 2.24) is 9.38 Å². The zero-order chi connectivity index (χ0) is 22.2. The van der Waals surface area contributed by atoms with Crippen LogP contribution in [0, 0.1) is 5.82 Å². The van der Waals surface area contributed by atoms with Crippen LogP contribution in [0.25, 0.3) is 22.1 Å².